The van der Waals surface area contributed by atoms with Crippen molar-refractivity contribution in [2.75, 3.05) is 13.1 Å². The average Bonchev–Trinajstić information content (AvgIpc) is 2.43. The monoisotopic (exact) mass is 450 g/mol. The minimum atomic E-state index is -0.264. The molecule has 0 saturated carbocycles. The third-order valence-corrected chi connectivity index (χ3v) is 2.92. The van der Waals surface area contributed by atoms with Crippen molar-refractivity contribution < 1.29 is 9.18 Å². The highest BCUT2D eigenvalue weighted by Gasteiger charge is 2.13. The van der Waals surface area contributed by atoms with E-state index in [2.05, 4.69) is 20.9 Å². The van der Waals surface area contributed by atoms with Gasteiger partial charge < -0.3 is 16.0 Å². The van der Waals surface area contributed by atoms with E-state index in [0.29, 0.717) is 24.6 Å². The van der Waals surface area contributed by atoms with E-state index in [4.69, 9.17) is 0 Å². The van der Waals surface area contributed by atoms with Crippen LogP contribution in [0.1, 0.15) is 38.8 Å². The summed E-state index contributed by atoms with van der Waals surface area (Å²) in [4.78, 5) is 16.2. The first-order valence-electron chi connectivity index (χ1n) is 7.79. The number of amides is 1. The Labute approximate surface area is 160 Å². The molecule has 1 rings (SSSR count). The maximum absolute atomic E-state index is 13.3. The molecule has 3 N–H and O–H groups in total. The number of rotatable bonds is 5. The number of carbonyl (C=O) groups is 1. The summed E-state index contributed by atoms with van der Waals surface area (Å²) in [6, 6.07) is 4.92. The summed E-state index contributed by atoms with van der Waals surface area (Å²) < 4.78 is 13.3. The van der Waals surface area contributed by atoms with Crippen molar-refractivity contribution in [1.82, 2.24) is 16.0 Å². The molecule has 0 fully saturated rings. The number of hydrogen-bond acceptors (Lipinski definition) is 2. The van der Waals surface area contributed by atoms with E-state index in [-0.39, 0.29) is 47.8 Å². The maximum Gasteiger partial charge on any atom is 0.239 e. The summed E-state index contributed by atoms with van der Waals surface area (Å²) in [5, 5.41) is 8.95. The van der Waals surface area contributed by atoms with E-state index in [1.54, 1.807) is 19.1 Å². The zero-order valence-corrected chi connectivity index (χ0v) is 17.3. The van der Waals surface area contributed by atoms with Crippen molar-refractivity contribution in [2.45, 2.75) is 46.7 Å². The Morgan fingerprint density at radius 3 is 2.46 bits per heavy atom. The van der Waals surface area contributed by atoms with Crippen LogP contribution in [0, 0.1) is 12.7 Å². The standard InChI is InChI=1S/C17H27FN4O.HI/c1-6-19-16(21-11-15(23)22-17(3,4)5)20-10-13-7-8-14(18)12(2)9-13;/h7-9H,6,10-11H2,1-5H3,(H,22,23)(H2,19,20,21);1H. The molecule has 0 radical (unpaired) electrons. The Morgan fingerprint density at radius 1 is 1.25 bits per heavy atom. The molecule has 0 unspecified atom stereocenters. The van der Waals surface area contributed by atoms with Gasteiger partial charge in [0.05, 0.1) is 13.1 Å². The van der Waals surface area contributed by atoms with Gasteiger partial charge in [0, 0.05) is 12.1 Å². The molecule has 7 heteroatoms. The van der Waals surface area contributed by atoms with Crippen LogP contribution in [0.15, 0.2) is 23.2 Å². The molecule has 0 saturated heterocycles. The molecular formula is C17H28FIN4O. The number of benzene rings is 1. The number of aliphatic imine (C=N–C) groups is 1. The predicted molar refractivity (Wildman–Crippen MR) is 107 cm³/mol. The average molecular weight is 450 g/mol. The number of halogens is 2. The van der Waals surface area contributed by atoms with Crippen LogP contribution < -0.4 is 16.0 Å². The molecule has 0 aliphatic heterocycles. The van der Waals surface area contributed by atoms with Gasteiger partial charge >= 0.3 is 0 Å². The van der Waals surface area contributed by atoms with Crippen molar-refractivity contribution >= 4 is 35.8 Å². The third-order valence-electron chi connectivity index (χ3n) is 2.92. The van der Waals surface area contributed by atoms with E-state index >= 15 is 0 Å². The Balaban J connectivity index is 0.00000529. The van der Waals surface area contributed by atoms with E-state index in [1.165, 1.54) is 6.07 Å². The van der Waals surface area contributed by atoms with Crippen molar-refractivity contribution in [3.63, 3.8) is 0 Å². The van der Waals surface area contributed by atoms with E-state index in [9.17, 15) is 9.18 Å². The Kier molecular flexibility index (Phi) is 9.88. The second kappa shape index (κ2) is 10.5. The molecule has 1 aromatic rings. The minimum Gasteiger partial charge on any atom is -0.357 e. The van der Waals surface area contributed by atoms with Gasteiger partial charge in [-0.3, -0.25) is 4.79 Å². The molecule has 0 bridgehead atoms. The topological polar surface area (TPSA) is 65.5 Å². The maximum atomic E-state index is 13.3. The number of hydrogen-bond donors (Lipinski definition) is 3. The Hall–Kier alpha value is -1.38. The lowest BCUT2D eigenvalue weighted by Gasteiger charge is -2.21. The molecule has 136 valence electrons. The van der Waals surface area contributed by atoms with Crippen LogP contribution in [0.2, 0.25) is 0 Å². The summed E-state index contributed by atoms with van der Waals surface area (Å²) in [6.45, 7) is 10.7. The summed E-state index contributed by atoms with van der Waals surface area (Å²) in [7, 11) is 0. The van der Waals surface area contributed by atoms with Crippen LogP contribution in [-0.4, -0.2) is 30.5 Å². The van der Waals surface area contributed by atoms with Crippen LogP contribution in [0.25, 0.3) is 0 Å². The fraction of sp³-hybridized carbons (Fsp3) is 0.529. The summed E-state index contributed by atoms with van der Waals surface area (Å²) in [6.07, 6.45) is 0. The van der Waals surface area contributed by atoms with Gasteiger partial charge in [0.1, 0.15) is 5.82 Å². The zero-order valence-electron chi connectivity index (χ0n) is 15.0. The van der Waals surface area contributed by atoms with Crippen LogP contribution in [-0.2, 0) is 11.3 Å². The molecule has 24 heavy (non-hydrogen) atoms. The molecule has 0 aliphatic rings. The number of nitrogens with zero attached hydrogens (tertiary/aromatic N) is 1. The van der Waals surface area contributed by atoms with Crippen LogP contribution in [0.3, 0.4) is 0 Å². The van der Waals surface area contributed by atoms with Crippen molar-refractivity contribution in [2.24, 2.45) is 4.99 Å². The van der Waals surface area contributed by atoms with E-state index in [0.717, 1.165) is 5.56 Å². The molecular weight excluding hydrogens is 422 g/mol. The van der Waals surface area contributed by atoms with Gasteiger partial charge in [-0.1, -0.05) is 12.1 Å². The van der Waals surface area contributed by atoms with Crippen LogP contribution >= 0.6 is 24.0 Å². The number of aryl methyl sites for hydroxylation is 1. The highest BCUT2D eigenvalue weighted by atomic mass is 127. The smallest absolute Gasteiger partial charge is 0.239 e. The van der Waals surface area contributed by atoms with Crippen LogP contribution in [0.4, 0.5) is 4.39 Å². The summed E-state index contributed by atoms with van der Waals surface area (Å²) in [5.74, 6) is 0.237. The first kappa shape index (κ1) is 22.6. The number of guanidine groups is 1. The largest absolute Gasteiger partial charge is 0.357 e. The molecule has 0 aliphatic carbocycles. The molecule has 0 spiro atoms. The Morgan fingerprint density at radius 2 is 1.92 bits per heavy atom. The van der Waals surface area contributed by atoms with Gasteiger partial charge in [-0.2, -0.15) is 0 Å². The lowest BCUT2D eigenvalue weighted by Crippen LogP contribution is -2.48. The second-order valence-electron chi connectivity index (χ2n) is 6.43. The van der Waals surface area contributed by atoms with E-state index < -0.39 is 0 Å². The first-order valence-corrected chi connectivity index (χ1v) is 7.79. The van der Waals surface area contributed by atoms with Crippen molar-refractivity contribution in [1.29, 1.82) is 0 Å². The number of nitrogens with one attached hydrogen (secondary N) is 3. The summed E-state index contributed by atoms with van der Waals surface area (Å²) in [5.41, 5.74) is 1.25. The quantitative estimate of drug-likeness (QED) is 0.367. The SMILES string of the molecule is CCNC(=NCc1ccc(F)c(C)c1)NCC(=O)NC(C)(C)C.I. The highest BCUT2D eigenvalue weighted by Crippen LogP contribution is 2.09. The van der Waals surface area contributed by atoms with Gasteiger partial charge in [-0.25, -0.2) is 9.38 Å². The van der Waals surface area contributed by atoms with Gasteiger partial charge in [-0.15, -0.1) is 24.0 Å². The molecule has 0 aromatic heterocycles. The fourth-order valence-electron chi connectivity index (χ4n) is 1.94. The van der Waals surface area contributed by atoms with Gasteiger partial charge in [0.15, 0.2) is 5.96 Å². The fourth-order valence-corrected chi connectivity index (χ4v) is 1.94. The third kappa shape index (κ3) is 9.05. The van der Waals surface area contributed by atoms with Gasteiger partial charge in [0.25, 0.3) is 0 Å². The van der Waals surface area contributed by atoms with E-state index in [1.807, 2.05) is 27.7 Å². The normalized spacial score (nSPS) is 11.5. The first-order chi connectivity index (χ1) is 10.7. The molecule has 5 nitrogen and oxygen atoms in total. The molecule has 0 atom stereocenters. The summed E-state index contributed by atoms with van der Waals surface area (Å²) >= 11 is 0. The van der Waals surface area contributed by atoms with Gasteiger partial charge in [0.2, 0.25) is 5.91 Å². The van der Waals surface area contributed by atoms with Crippen molar-refractivity contribution in [3.8, 4) is 0 Å². The lowest BCUT2D eigenvalue weighted by atomic mass is 10.1. The highest BCUT2D eigenvalue weighted by molar-refractivity contribution is 14.0. The minimum absolute atomic E-state index is 0. The zero-order chi connectivity index (χ0) is 17.5. The number of carbonyl (C=O) groups excluding carboxylic acids is 1. The van der Waals surface area contributed by atoms with Crippen molar-refractivity contribution in [3.05, 3.63) is 35.1 Å². The molecule has 1 amide bonds. The lowest BCUT2D eigenvalue weighted by molar-refractivity contribution is -0.121. The Bertz CT molecular complexity index is 570. The molecule has 1 aromatic carbocycles. The van der Waals surface area contributed by atoms with Gasteiger partial charge in [-0.05, 0) is 51.8 Å². The van der Waals surface area contributed by atoms with Crippen LogP contribution in [0.5, 0.6) is 0 Å². The molecule has 0 heterocycles. The second-order valence-corrected chi connectivity index (χ2v) is 6.43. The predicted octanol–water partition coefficient (Wildman–Crippen LogP) is 2.72.